The Morgan fingerprint density at radius 1 is 1.20 bits per heavy atom. The van der Waals surface area contributed by atoms with E-state index >= 15 is 0 Å². The molecule has 2 nitrogen and oxygen atoms in total. The van der Waals surface area contributed by atoms with Crippen LogP contribution in [-0.4, -0.2) is 19.7 Å². The second kappa shape index (κ2) is 7.68. The Kier molecular flexibility index (Phi) is 5.90. The van der Waals surface area contributed by atoms with Gasteiger partial charge in [-0.05, 0) is 55.7 Å². The van der Waals surface area contributed by atoms with E-state index in [2.05, 4.69) is 43.4 Å². The van der Waals surface area contributed by atoms with Crippen LogP contribution < -0.4 is 10.1 Å². The van der Waals surface area contributed by atoms with Gasteiger partial charge in [0, 0.05) is 6.04 Å². The van der Waals surface area contributed by atoms with Crippen LogP contribution in [0.3, 0.4) is 0 Å². The van der Waals surface area contributed by atoms with Crippen molar-refractivity contribution >= 4 is 0 Å². The summed E-state index contributed by atoms with van der Waals surface area (Å²) in [5, 5.41) is 3.70. The Hall–Kier alpha value is -1.02. The summed E-state index contributed by atoms with van der Waals surface area (Å²) in [6.07, 6.45) is 6.52. The molecule has 0 spiro atoms. The first-order valence-corrected chi connectivity index (χ1v) is 8.13. The third-order valence-electron chi connectivity index (χ3n) is 4.81. The van der Waals surface area contributed by atoms with Crippen molar-refractivity contribution in [3.8, 4) is 5.75 Å². The van der Waals surface area contributed by atoms with Gasteiger partial charge < -0.3 is 10.1 Å². The van der Waals surface area contributed by atoms with E-state index in [1.165, 1.54) is 31.2 Å². The number of benzene rings is 1. The standard InChI is InChI=1S/C18H29NO/c1-4-14-10-11-17(19-5-2)16(12-14)13-15-8-6-7-9-18(15)20-3/h6-9,14,16-17,19H,4-5,10-13H2,1-3H3. The van der Waals surface area contributed by atoms with E-state index < -0.39 is 0 Å². The molecule has 1 aromatic rings. The van der Waals surface area contributed by atoms with Crippen molar-refractivity contribution in [3.63, 3.8) is 0 Å². The van der Waals surface area contributed by atoms with Crippen molar-refractivity contribution in [2.75, 3.05) is 13.7 Å². The van der Waals surface area contributed by atoms with Gasteiger partial charge in [0.25, 0.3) is 0 Å². The van der Waals surface area contributed by atoms with Crippen LogP contribution in [-0.2, 0) is 6.42 Å². The van der Waals surface area contributed by atoms with Crippen LogP contribution in [0.5, 0.6) is 5.75 Å². The molecule has 0 saturated heterocycles. The van der Waals surface area contributed by atoms with Crippen LogP contribution in [0.1, 0.15) is 45.1 Å². The van der Waals surface area contributed by atoms with Crippen molar-refractivity contribution in [2.45, 2.75) is 52.0 Å². The van der Waals surface area contributed by atoms with Gasteiger partial charge in [-0.1, -0.05) is 38.5 Å². The van der Waals surface area contributed by atoms with Gasteiger partial charge in [-0.25, -0.2) is 0 Å². The fraction of sp³-hybridized carbons (Fsp3) is 0.667. The van der Waals surface area contributed by atoms with E-state index in [0.717, 1.165) is 30.6 Å². The predicted octanol–water partition coefficient (Wildman–Crippen LogP) is 4.04. The number of rotatable bonds is 6. The molecule has 1 aliphatic rings. The SMILES string of the molecule is CCNC1CCC(CC)CC1Cc1ccccc1OC. The first-order valence-electron chi connectivity index (χ1n) is 8.13. The van der Waals surface area contributed by atoms with Gasteiger partial charge in [-0.3, -0.25) is 0 Å². The van der Waals surface area contributed by atoms with Crippen molar-refractivity contribution in [2.24, 2.45) is 11.8 Å². The number of methoxy groups -OCH3 is 1. The van der Waals surface area contributed by atoms with Crippen LogP contribution >= 0.6 is 0 Å². The van der Waals surface area contributed by atoms with Gasteiger partial charge in [0.2, 0.25) is 0 Å². The molecule has 0 aliphatic heterocycles. The fourth-order valence-electron chi connectivity index (χ4n) is 3.64. The molecule has 2 rings (SSSR count). The number of hydrogen-bond donors (Lipinski definition) is 1. The molecule has 0 bridgehead atoms. The van der Waals surface area contributed by atoms with Gasteiger partial charge in [-0.2, -0.15) is 0 Å². The zero-order valence-corrected chi connectivity index (χ0v) is 13.2. The van der Waals surface area contributed by atoms with Crippen LogP contribution in [0.2, 0.25) is 0 Å². The maximum atomic E-state index is 5.51. The lowest BCUT2D eigenvalue weighted by molar-refractivity contribution is 0.199. The van der Waals surface area contributed by atoms with Gasteiger partial charge in [0.1, 0.15) is 5.75 Å². The lowest BCUT2D eigenvalue weighted by Crippen LogP contribution is -2.41. The summed E-state index contributed by atoms with van der Waals surface area (Å²) < 4.78 is 5.51. The molecule has 0 radical (unpaired) electrons. The lowest BCUT2D eigenvalue weighted by Gasteiger charge is -2.36. The average molecular weight is 275 g/mol. The highest BCUT2D eigenvalue weighted by Gasteiger charge is 2.29. The van der Waals surface area contributed by atoms with Gasteiger partial charge in [0.15, 0.2) is 0 Å². The maximum Gasteiger partial charge on any atom is 0.122 e. The van der Waals surface area contributed by atoms with Gasteiger partial charge in [0.05, 0.1) is 7.11 Å². The molecule has 3 atom stereocenters. The van der Waals surface area contributed by atoms with Crippen LogP contribution in [0.25, 0.3) is 0 Å². The summed E-state index contributed by atoms with van der Waals surface area (Å²) in [4.78, 5) is 0. The van der Waals surface area contributed by atoms with Crippen LogP contribution in [0.4, 0.5) is 0 Å². The third kappa shape index (κ3) is 3.76. The molecule has 1 aliphatic carbocycles. The molecular weight excluding hydrogens is 246 g/mol. The Balaban J connectivity index is 2.09. The molecule has 112 valence electrons. The van der Waals surface area contributed by atoms with E-state index in [9.17, 15) is 0 Å². The maximum absolute atomic E-state index is 5.51. The van der Waals surface area contributed by atoms with E-state index in [1.54, 1.807) is 7.11 Å². The fourth-order valence-corrected chi connectivity index (χ4v) is 3.64. The highest BCUT2D eigenvalue weighted by Crippen LogP contribution is 2.35. The Morgan fingerprint density at radius 2 is 2.00 bits per heavy atom. The molecule has 0 aromatic heterocycles. The molecule has 0 heterocycles. The first-order chi connectivity index (χ1) is 9.78. The van der Waals surface area contributed by atoms with Crippen molar-refractivity contribution in [3.05, 3.63) is 29.8 Å². The lowest BCUT2D eigenvalue weighted by atomic mass is 9.74. The zero-order valence-electron chi connectivity index (χ0n) is 13.2. The quantitative estimate of drug-likeness (QED) is 0.846. The van der Waals surface area contributed by atoms with Crippen molar-refractivity contribution in [1.82, 2.24) is 5.32 Å². The summed E-state index contributed by atoms with van der Waals surface area (Å²) in [6, 6.07) is 9.16. The highest BCUT2D eigenvalue weighted by atomic mass is 16.5. The van der Waals surface area contributed by atoms with E-state index in [0.29, 0.717) is 6.04 Å². The van der Waals surface area contributed by atoms with Crippen LogP contribution in [0.15, 0.2) is 24.3 Å². The minimum atomic E-state index is 0.674. The van der Waals surface area contributed by atoms with E-state index in [1.807, 2.05) is 0 Å². The molecule has 1 N–H and O–H groups in total. The Morgan fingerprint density at radius 3 is 2.70 bits per heavy atom. The van der Waals surface area contributed by atoms with Gasteiger partial charge >= 0.3 is 0 Å². The number of para-hydroxylation sites is 1. The molecule has 1 saturated carbocycles. The van der Waals surface area contributed by atoms with Crippen molar-refractivity contribution in [1.29, 1.82) is 0 Å². The summed E-state index contributed by atoms with van der Waals surface area (Å²) in [6.45, 7) is 5.62. The highest BCUT2D eigenvalue weighted by molar-refractivity contribution is 5.33. The second-order valence-electron chi connectivity index (χ2n) is 6.03. The normalized spacial score (nSPS) is 26.4. The Bertz CT molecular complexity index is 404. The average Bonchev–Trinajstić information content (AvgIpc) is 2.49. The summed E-state index contributed by atoms with van der Waals surface area (Å²) in [7, 11) is 1.77. The number of ether oxygens (including phenoxy) is 1. The molecule has 1 aromatic carbocycles. The molecule has 0 amide bonds. The molecule has 20 heavy (non-hydrogen) atoms. The summed E-state index contributed by atoms with van der Waals surface area (Å²) in [5.41, 5.74) is 1.36. The summed E-state index contributed by atoms with van der Waals surface area (Å²) >= 11 is 0. The van der Waals surface area contributed by atoms with Gasteiger partial charge in [-0.15, -0.1) is 0 Å². The van der Waals surface area contributed by atoms with Crippen LogP contribution in [0, 0.1) is 11.8 Å². The number of nitrogens with one attached hydrogen (secondary N) is 1. The smallest absolute Gasteiger partial charge is 0.122 e. The molecule has 1 fully saturated rings. The molecule has 2 heteroatoms. The summed E-state index contributed by atoms with van der Waals surface area (Å²) in [5.74, 6) is 2.69. The molecule has 3 unspecified atom stereocenters. The first kappa shape index (κ1) is 15.4. The minimum absolute atomic E-state index is 0.674. The Labute approximate surface area is 123 Å². The minimum Gasteiger partial charge on any atom is -0.496 e. The molecular formula is C18H29NO. The third-order valence-corrected chi connectivity index (χ3v) is 4.81. The predicted molar refractivity (Wildman–Crippen MR) is 85.3 cm³/mol. The second-order valence-corrected chi connectivity index (χ2v) is 6.03. The monoisotopic (exact) mass is 275 g/mol. The zero-order chi connectivity index (χ0) is 14.4. The number of hydrogen-bond acceptors (Lipinski definition) is 2. The topological polar surface area (TPSA) is 21.3 Å². The van der Waals surface area contributed by atoms with E-state index in [4.69, 9.17) is 4.74 Å². The van der Waals surface area contributed by atoms with E-state index in [-0.39, 0.29) is 0 Å². The largest absolute Gasteiger partial charge is 0.496 e. The van der Waals surface area contributed by atoms with Crippen molar-refractivity contribution < 1.29 is 4.74 Å².